The predicted octanol–water partition coefficient (Wildman–Crippen LogP) is 6.66. The van der Waals surface area contributed by atoms with Crippen LogP contribution in [0, 0.1) is 6.92 Å². The van der Waals surface area contributed by atoms with Crippen molar-refractivity contribution in [3.8, 4) is 22.8 Å². The van der Waals surface area contributed by atoms with Crippen LogP contribution in [0.4, 0.5) is 0 Å². The standard InChI is InChI=1S/C24H18Cl2O4/c1-14-8-21(29-13-15-6-4-3-5-7-15)23(28-2)24-22(14)19(27)12-20(30-24)16-9-17(25)11-18(26)10-16/h3-12H,13H2,1-2H3. The van der Waals surface area contributed by atoms with E-state index >= 15 is 0 Å². The molecule has 0 unspecified atom stereocenters. The van der Waals surface area contributed by atoms with Gasteiger partial charge in [-0.15, -0.1) is 0 Å². The Labute approximate surface area is 183 Å². The maximum atomic E-state index is 12.9. The van der Waals surface area contributed by atoms with E-state index in [1.807, 2.05) is 37.3 Å². The molecule has 1 aromatic heterocycles. The van der Waals surface area contributed by atoms with Crippen LogP contribution in [0.15, 0.2) is 69.9 Å². The minimum absolute atomic E-state index is 0.187. The van der Waals surface area contributed by atoms with Gasteiger partial charge < -0.3 is 13.9 Å². The first-order valence-electron chi connectivity index (χ1n) is 9.25. The molecule has 0 aliphatic carbocycles. The van der Waals surface area contributed by atoms with Gasteiger partial charge in [0.25, 0.3) is 0 Å². The van der Waals surface area contributed by atoms with Crippen LogP contribution < -0.4 is 14.9 Å². The first-order valence-corrected chi connectivity index (χ1v) is 10.0. The Morgan fingerprint density at radius 3 is 2.33 bits per heavy atom. The van der Waals surface area contributed by atoms with E-state index in [0.717, 1.165) is 11.1 Å². The molecule has 0 amide bonds. The zero-order chi connectivity index (χ0) is 21.3. The molecule has 4 aromatic rings. The monoisotopic (exact) mass is 440 g/mol. The van der Waals surface area contributed by atoms with E-state index in [-0.39, 0.29) is 5.43 Å². The predicted molar refractivity (Wildman–Crippen MR) is 120 cm³/mol. The molecule has 0 aliphatic rings. The zero-order valence-corrected chi connectivity index (χ0v) is 17.9. The smallest absolute Gasteiger partial charge is 0.204 e. The summed E-state index contributed by atoms with van der Waals surface area (Å²) in [6.07, 6.45) is 0. The molecule has 4 rings (SSSR count). The number of methoxy groups -OCH3 is 1. The fraction of sp³-hybridized carbons (Fsp3) is 0.125. The van der Waals surface area contributed by atoms with Crippen LogP contribution in [-0.2, 0) is 6.61 Å². The lowest BCUT2D eigenvalue weighted by atomic mass is 10.1. The lowest BCUT2D eigenvalue weighted by Crippen LogP contribution is -2.06. The summed E-state index contributed by atoms with van der Waals surface area (Å²) in [5, 5.41) is 1.34. The number of hydrogen-bond donors (Lipinski definition) is 0. The average molecular weight is 441 g/mol. The number of fused-ring (bicyclic) bond motifs is 1. The van der Waals surface area contributed by atoms with Crippen LogP contribution >= 0.6 is 23.2 Å². The molecule has 6 heteroatoms. The Kier molecular flexibility index (Phi) is 5.71. The van der Waals surface area contributed by atoms with Crippen molar-refractivity contribution in [3.05, 3.63) is 92.1 Å². The van der Waals surface area contributed by atoms with Crippen molar-refractivity contribution in [1.29, 1.82) is 0 Å². The molecular formula is C24H18Cl2O4. The van der Waals surface area contributed by atoms with E-state index < -0.39 is 0 Å². The summed E-state index contributed by atoms with van der Waals surface area (Å²) in [6.45, 7) is 2.19. The van der Waals surface area contributed by atoms with Gasteiger partial charge in [0.05, 0.1) is 12.5 Å². The largest absolute Gasteiger partial charge is 0.490 e. The van der Waals surface area contributed by atoms with Gasteiger partial charge in [-0.25, -0.2) is 0 Å². The third-order valence-electron chi connectivity index (χ3n) is 4.71. The van der Waals surface area contributed by atoms with E-state index in [1.165, 1.54) is 13.2 Å². The van der Waals surface area contributed by atoms with E-state index in [1.54, 1.807) is 24.3 Å². The summed E-state index contributed by atoms with van der Waals surface area (Å²) < 4.78 is 17.7. The maximum Gasteiger partial charge on any atom is 0.204 e. The van der Waals surface area contributed by atoms with Crippen LogP contribution in [0.25, 0.3) is 22.3 Å². The number of halogens is 2. The fourth-order valence-electron chi connectivity index (χ4n) is 3.35. The first kappa shape index (κ1) is 20.3. The van der Waals surface area contributed by atoms with E-state index in [9.17, 15) is 4.79 Å². The van der Waals surface area contributed by atoms with Gasteiger partial charge in [0.2, 0.25) is 5.75 Å². The van der Waals surface area contributed by atoms with Gasteiger partial charge in [-0.1, -0.05) is 53.5 Å². The lowest BCUT2D eigenvalue weighted by Gasteiger charge is -2.15. The molecule has 30 heavy (non-hydrogen) atoms. The molecule has 0 aliphatic heterocycles. The highest BCUT2D eigenvalue weighted by Gasteiger charge is 2.19. The van der Waals surface area contributed by atoms with Gasteiger partial charge in [0, 0.05) is 21.7 Å². The summed E-state index contributed by atoms with van der Waals surface area (Å²) in [4.78, 5) is 12.9. The zero-order valence-electron chi connectivity index (χ0n) is 16.4. The number of rotatable bonds is 5. The highest BCUT2D eigenvalue weighted by Crippen LogP contribution is 2.39. The Bertz CT molecular complexity index is 1260. The van der Waals surface area contributed by atoms with E-state index in [0.29, 0.717) is 50.4 Å². The molecule has 4 nitrogen and oxygen atoms in total. The molecule has 0 atom stereocenters. The van der Waals surface area contributed by atoms with Gasteiger partial charge in [-0.2, -0.15) is 0 Å². The molecule has 0 radical (unpaired) electrons. The average Bonchev–Trinajstić information content (AvgIpc) is 2.72. The Morgan fingerprint density at radius 2 is 1.67 bits per heavy atom. The SMILES string of the molecule is COc1c(OCc2ccccc2)cc(C)c2c(=O)cc(-c3cc(Cl)cc(Cl)c3)oc12. The quantitative estimate of drug-likeness (QED) is 0.347. The first-order chi connectivity index (χ1) is 14.5. The highest BCUT2D eigenvalue weighted by molar-refractivity contribution is 6.35. The molecule has 0 fully saturated rings. The van der Waals surface area contributed by atoms with Crippen molar-refractivity contribution < 1.29 is 13.9 Å². The molecule has 0 saturated carbocycles. The molecule has 1 heterocycles. The maximum absolute atomic E-state index is 12.9. The number of ether oxygens (including phenoxy) is 2. The van der Waals surface area contributed by atoms with Crippen LogP contribution in [0.5, 0.6) is 11.5 Å². The minimum atomic E-state index is -0.187. The molecule has 152 valence electrons. The molecule has 0 spiro atoms. The van der Waals surface area contributed by atoms with Gasteiger partial charge >= 0.3 is 0 Å². The van der Waals surface area contributed by atoms with Crippen LogP contribution in [-0.4, -0.2) is 7.11 Å². The molecule has 0 saturated heterocycles. The minimum Gasteiger partial charge on any atom is -0.490 e. The molecule has 3 aromatic carbocycles. The van der Waals surface area contributed by atoms with Crippen LogP contribution in [0.2, 0.25) is 10.0 Å². The van der Waals surface area contributed by atoms with Gasteiger partial charge in [-0.3, -0.25) is 4.79 Å². The second-order valence-corrected chi connectivity index (χ2v) is 7.71. The summed E-state index contributed by atoms with van der Waals surface area (Å²) >= 11 is 12.2. The van der Waals surface area contributed by atoms with E-state index in [4.69, 9.17) is 37.1 Å². The Hall–Kier alpha value is -2.95. The summed E-state index contributed by atoms with van der Waals surface area (Å²) in [6, 6.07) is 18.0. The number of hydrogen-bond acceptors (Lipinski definition) is 4. The Morgan fingerprint density at radius 1 is 0.967 bits per heavy atom. The molecular weight excluding hydrogens is 423 g/mol. The lowest BCUT2D eigenvalue weighted by molar-refractivity contribution is 0.284. The van der Waals surface area contributed by atoms with Crippen molar-refractivity contribution in [2.24, 2.45) is 0 Å². The van der Waals surface area contributed by atoms with E-state index in [2.05, 4.69) is 0 Å². The van der Waals surface area contributed by atoms with Gasteiger partial charge in [-0.05, 0) is 42.3 Å². The highest BCUT2D eigenvalue weighted by atomic mass is 35.5. The number of benzene rings is 3. The van der Waals surface area contributed by atoms with Gasteiger partial charge in [0.15, 0.2) is 16.8 Å². The summed E-state index contributed by atoms with van der Waals surface area (Å²) in [5.74, 6) is 1.20. The topological polar surface area (TPSA) is 48.7 Å². The van der Waals surface area contributed by atoms with Crippen molar-refractivity contribution >= 4 is 34.2 Å². The second kappa shape index (κ2) is 8.42. The third-order valence-corrected chi connectivity index (χ3v) is 5.14. The fourth-order valence-corrected chi connectivity index (χ4v) is 3.87. The third kappa shape index (κ3) is 4.02. The van der Waals surface area contributed by atoms with Gasteiger partial charge in [0.1, 0.15) is 12.4 Å². The summed E-state index contributed by atoms with van der Waals surface area (Å²) in [5.41, 5.74) is 2.48. The Balaban J connectivity index is 1.86. The second-order valence-electron chi connectivity index (χ2n) is 6.84. The normalized spacial score (nSPS) is 10.9. The van der Waals surface area contributed by atoms with Crippen molar-refractivity contribution in [2.45, 2.75) is 13.5 Å². The van der Waals surface area contributed by atoms with Crippen LogP contribution in [0.3, 0.4) is 0 Å². The summed E-state index contributed by atoms with van der Waals surface area (Å²) in [7, 11) is 1.52. The van der Waals surface area contributed by atoms with Crippen molar-refractivity contribution in [3.63, 3.8) is 0 Å². The molecule has 0 N–H and O–H groups in total. The molecule has 0 bridgehead atoms. The van der Waals surface area contributed by atoms with Crippen LogP contribution in [0.1, 0.15) is 11.1 Å². The number of aryl methyl sites for hydroxylation is 1. The van der Waals surface area contributed by atoms with Crippen molar-refractivity contribution in [1.82, 2.24) is 0 Å². The van der Waals surface area contributed by atoms with Crippen molar-refractivity contribution in [2.75, 3.05) is 7.11 Å².